The molecule has 2 rings (SSSR count). The van der Waals surface area contributed by atoms with Gasteiger partial charge < -0.3 is 9.47 Å². The molecule has 0 radical (unpaired) electrons. The lowest BCUT2D eigenvalue weighted by molar-refractivity contribution is -0.141. The fraction of sp³-hybridized carbons (Fsp3) is 0.533. The first kappa shape index (κ1) is 16.0. The Morgan fingerprint density at radius 2 is 1.90 bits per heavy atom. The molecular formula is C15H20O5S. The third-order valence-corrected chi connectivity index (χ3v) is 5.18. The smallest absolute Gasteiger partial charge is 0.306 e. The summed E-state index contributed by atoms with van der Waals surface area (Å²) in [5.74, 6) is -0.678. The molecule has 0 aromatic heterocycles. The Kier molecular flexibility index (Phi) is 5.00. The maximum absolute atomic E-state index is 12.1. The first-order valence-electron chi connectivity index (χ1n) is 6.84. The summed E-state index contributed by atoms with van der Waals surface area (Å²) >= 11 is 0. The fourth-order valence-corrected chi connectivity index (χ4v) is 4.04. The number of carbonyl (C=O) groups excluding carboxylic acids is 1. The summed E-state index contributed by atoms with van der Waals surface area (Å²) in [5, 5.41) is 0. The average molecular weight is 312 g/mol. The number of sulfone groups is 1. The maximum Gasteiger partial charge on any atom is 0.306 e. The quantitative estimate of drug-likeness (QED) is 0.686. The number of hydrogen-bond donors (Lipinski definition) is 0. The molecule has 1 aliphatic carbocycles. The van der Waals surface area contributed by atoms with Crippen LogP contribution in [0.4, 0.5) is 0 Å². The van der Waals surface area contributed by atoms with Gasteiger partial charge in [-0.2, -0.15) is 0 Å². The largest absolute Gasteiger partial charge is 0.469 e. The highest BCUT2D eigenvalue weighted by atomic mass is 32.2. The minimum absolute atomic E-state index is 0.0100. The summed E-state index contributed by atoms with van der Waals surface area (Å²) in [4.78, 5) is 11.3. The van der Waals surface area contributed by atoms with Crippen LogP contribution in [0.5, 0.6) is 0 Å². The summed E-state index contributed by atoms with van der Waals surface area (Å²) in [7, 11) is -2.02. The third kappa shape index (κ3) is 5.13. The van der Waals surface area contributed by atoms with Crippen LogP contribution in [-0.2, 0) is 30.7 Å². The van der Waals surface area contributed by atoms with Crippen LogP contribution < -0.4 is 0 Å². The van der Waals surface area contributed by atoms with Crippen molar-refractivity contribution in [3.05, 3.63) is 35.9 Å². The van der Waals surface area contributed by atoms with Gasteiger partial charge in [0, 0.05) is 0 Å². The van der Waals surface area contributed by atoms with Crippen molar-refractivity contribution in [2.75, 3.05) is 18.8 Å². The van der Waals surface area contributed by atoms with E-state index in [0.717, 1.165) is 18.4 Å². The molecule has 1 aromatic carbocycles. The van der Waals surface area contributed by atoms with Crippen molar-refractivity contribution >= 4 is 15.8 Å². The molecule has 0 amide bonds. The molecule has 1 aromatic rings. The van der Waals surface area contributed by atoms with Gasteiger partial charge in [0.05, 0.1) is 25.9 Å². The minimum atomic E-state index is -3.33. The lowest BCUT2D eigenvalue weighted by atomic mass is 10.1. The highest BCUT2D eigenvalue weighted by Crippen LogP contribution is 2.50. The van der Waals surface area contributed by atoms with Crippen LogP contribution in [0.15, 0.2) is 30.3 Å². The molecule has 0 atom stereocenters. The topological polar surface area (TPSA) is 69.7 Å². The molecule has 1 fully saturated rings. The minimum Gasteiger partial charge on any atom is -0.469 e. The van der Waals surface area contributed by atoms with Gasteiger partial charge in [-0.25, -0.2) is 8.42 Å². The van der Waals surface area contributed by atoms with E-state index < -0.39 is 15.3 Å². The van der Waals surface area contributed by atoms with E-state index in [1.165, 1.54) is 7.11 Å². The molecule has 0 N–H and O–H groups in total. The Balaban J connectivity index is 1.81. The van der Waals surface area contributed by atoms with Crippen LogP contribution in [0.25, 0.3) is 0 Å². The van der Waals surface area contributed by atoms with Crippen molar-refractivity contribution in [3.63, 3.8) is 0 Å². The van der Waals surface area contributed by atoms with Gasteiger partial charge in [0.2, 0.25) is 0 Å². The molecule has 0 heterocycles. The number of rotatable bonds is 8. The lowest BCUT2D eigenvalue weighted by Gasteiger charge is -2.14. The van der Waals surface area contributed by atoms with Crippen LogP contribution in [0.3, 0.4) is 0 Å². The van der Waals surface area contributed by atoms with Crippen LogP contribution in [-0.4, -0.2) is 33.2 Å². The van der Waals surface area contributed by atoms with Crippen molar-refractivity contribution < 1.29 is 22.7 Å². The fourth-order valence-electron chi connectivity index (χ4n) is 2.30. The van der Waals surface area contributed by atoms with Crippen LogP contribution in [0.2, 0.25) is 0 Å². The van der Waals surface area contributed by atoms with Crippen LogP contribution >= 0.6 is 0 Å². The van der Waals surface area contributed by atoms with Gasteiger partial charge in [-0.05, 0) is 23.8 Å². The van der Waals surface area contributed by atoms with E-state index in [-0.39, 0.29) is 30.7 Å². The van der Waals surface area contributed by atoms with E-state index >= 15 is 0 Å². The Labute approximate surface area is 125 Å². The number of hydrogen-bond acceptors (Lipinski definition) is 5. The van der Waals surface area contributed by atoms with Gasteiger partial charge >= 0.3 is 5.97 Å². The molecule has 0 unspecified atom stereocenters. The van der Waals surface area contributed by atoms with E-state index in [1.54, 1.807) is 0 Å². The highest BCUT2D eigenvalue weighted by Gasteiger charge is 2.47. The first-order valence-corrected chi connectivity index (χ1v) is 8.66. The van der Waals surface area contributed by atoms with Crippen LogP contribution in [0.1, 0.15) is 24.8 Å². The Morgan fingerprint density at radius 1 is 1.24 bits per heavy atom. The van der Waals surface area contributed by atoms with E-state index in [2.05, 4.69) is 4.74 Å². The number of carbonyl (C=O) groups is 1. The predicted octanol–water partition coefficient (Wildman–Crippen LogP) is 1.92. The summed E-state index contributed by atoms with van der Waals surface area (Å²) < 4.78 is 34.0. The van der Waals surface area contributed by atoms with Gasteiger partial charge in [0.25, 0.3) is 0 Å². The van der Waals surface area contributed by atoms with Crippen molar-refractivity contribution in [2.45, 2.75) is 25.9 Å². The number of ether oxygens (including phenoxy) is 2. The second-order valence-corrected chi connectivity index (χ2v) is 7.60. The second-order valence-electron chi connectivity index (χ2n) is 5.59. The standard InChI is InChI=1S/C15H20O5S/c1-19-14(16)9-15(7-8-15)11-21(17,18)12-20-10-13-5-3-2-4-6-13/h2-6H,7-12H2,1H3. The Bertz CT molecular complexity index is 575. The molecule has 0 spiro atoms. The monoisotopic (exact) mass is 312 g/mol. The van der Waals surface area contributed by atoms with Gasteiger partial charge in [-0.3, -0.25) is 4.79 Å². The van der Waals surface area contributed by atoms with Crippen molar-refractivity contribution in [1.82, 2.24) is 0 Å². The molecule has 0 bridgehead atoms. The van der Waals surface area contributed by atoms with Crippen molar-refractivity contribution in [1.29, 1.82) is 0 Å². The van der Waals surface area contributed by atoms with Crippen molar-refractivity contribution in [2.24, 2.45) is 5.41 Å². The van der Waals surface area contributed by atoms with E-state index in [0.29, 0.717) is 0 Å². The summed E-state index contributed by atoms with van der Waals surface area (Å²) in [6, 6.07) is 9.41. The molecule has 0 saturated heterocycles. The molecule has 1 aliphatic rings. The second kappa shape index (κ2) is 6.58. The van der Waals surface area contributed by atoms with Crippen LogP contribution in [0, 0.1) is 5.41 Å². The third-order valence-electron chi connectivity index (χ3n) is 3.60. The average Bonchev–Trinajstić information content (AvgIpc) is 3.18. The molecule has 1 saturated carbocycles. The number of methoxy groups -OCH3 is 1. The Morgan fingerprint density at radius 3 is 2.48 bits per heavy atom. The summed E-state index contributed by atoms with van der Waals surface area (Å²) in [5.41, 5.74) is 0.505. The van der Waals surface area contributed by atoms with E-state index in [1.807, 2.05) is 30.3 Å². The van der Waals surface area contributed by atoms with Gasteiger partial charge in [0.15, 0.2) is 9.84 Å². The molecule has 21 heavy (non-hydrogen) atoms. The van der Waals surface area contributed by atoms with Gasteiger partial charge in [-0.1, -0.05) is 30.3 Å². The number of benzene rings is 1. The normalized spacial score (nSPS) is 16.4. The SMILES string of the molecule is COC(=O)CC1(CS(=O)(=O)COCc2ccccc2)CC1. The van der Waals surface area contributed by atoms with E-state index in [4.69, 9.17) is 4.74 Å². The lowest BCUT2D eigenvalue weighted by Crippen LogP contribution is -2.24. The molecular weight excluding hydrogens is 292 g/mol. The van der Waals surface area contributed by atoms with Gasteiger partial charge in [-0.15, -0.1) is 0 Å². The molecule has 5 nitrogen and oxygen atoms in total. The highest BCUT2D eigenvalue weighted by molar-refractivity contribution is 7.91. The van der Waals surface area contributed by atoms with E-state index in [9.17, 15) is 13.2 Å². The number of esters is 1. The zero-order valence-electron chi connectivity index (χ0n) is 12.1. The first-order chi connectivity index (χ1) is 9.95. The molecule has 116 valence electrons. The molecule has 0 aliphatic heterocycles. The summed E-state index contributed by atoms with van der Waals surface area (Å²) in [6.07, 6.45) is 1.67. The Hall–Kier alpha value is -1.40. The van der Waals surface area contributed by atoms with Gasteiger partial charge in [0.1, 0.15) is 5.94 Å². The molecule has 6 heteroatoms. The summed E-state index contributed by atoms with van der Waals surface area (Å²) in [6.45, 7) is 0.268. The maximum atomic E-state index is 12.1. The predicted molar refractivity (Wildman–Crippen MR) is 78.2 cm³/mol. The zero-order chi connectivity index (χ0) is 15.3. The zero-order valence-corrected chi connectivity index (χ0v) is 12.9. The van der Waals surface area contributed by atoms with Crippen molar-refractivity contribution in [3.8, 4) is 0 Å².